The Labute approximate surface area is 197 Å². The predicted octanol–water partition coefficient (Wildman–Crippen LogP) is 7.55. The third kappa shape index (κ3) is 6.30. The zero-order valence-corrected chi connectivity index (χ0v) is 20.4. The highest BCUT2D eigenvalue weighted by Crippen LogP contribution is 2.32. The van der Waals surface area contributed by atoms with Crippen molar-refractivity contribution in [2.24, 2.45) is 11.7 Å². The summed E-state index contributed by atoms with van der Waals surface area (Å²) in [4.78, 5) is 5.90. The minimum Gasteiger partial charge on any atom is -0.330 e. The summed E-state index contributed by atoms with van der Waals surface area (Å²) in [5.41, 5.74) is 12.0. The fraction of sp³-hybridized carbons (Fsp3) is 0.370. The molecule has 0 radical (unpaired) electrons. The van der Waals surface area contributed by atoms with Crippen LogP contribution in [0.2, 0.25) is 5.15 Å². The highest BCUT2D eigenvalue weighted by molar-refractivity contribution is 6.29. The first-order valence-electron chi connectivity index (χ1n) is 11.4. The molecule has 0 amide bonds. The maximum absolute atomic E-state index is 14.4. The van der Waals surface area contributed by atoms with E-state index in [1.807, 2.05) is 6.08 Å². The van der Waals surface area contributed by atoms with Gasteiger partial charge in [0.25, 0.3) is 0 Å². The number of nitrogens with zero attached hydrogens (tertiary/aromatic N) is 2. The molecule has 1 unspecified atom stereocenters. The van der Waals surface area contributed by atoms with Crippen molar-refractivity contribution in [3.63, 3.8) is 0 Å². The molecule has 32 heavy (non-hydrogen) atoms. The van der Waals surface area contributed by atoms with Gasteiger partial charge in [-0.2, -0.15) is 0 Å². The van der Waals surface area contributed by atoms with Crippen molar-refractivity contribution in [2.45, 2.75) is 53.4 Å². The molecule has 1 aliphatic heterocycles. The Morgan fingerprint density at radius 2 is 2.09 bits per heavy atom. The Hall–Kier alpha value is -2.43. The van der Waals surface area contributed by atoms with Crippen LogP contribution in [0, 0.1) is 11.7 Å². The van der Waals surface area contributed by atoms with Crippen LogP contribution in [0.15, 0.2) is 77.5 Å². The molecule has 0 aliphatic carbocycles. The fourth-order valence-corrected chi connectivity index (χ4v) is 3.93. The highest BCUT2D eigenvalue weighted by atomic mass is 35.5. The van der Waals surface area contributed by atoms with Crippen LogP contribution in [0.3, 0.4) is 0 Å². The SMILES string of the molecule is C=C1C=C(/C(=C/CC)CC)C=CN1/C(CCN)=C(/C=C/c1ccnc(Cl)c1F)C(C)CC. The van der Waals surface area contributed by atoms with Crippen LogP contribution in [0.25, 0.3) is 6.08 Å². The summed E-state index contributed by atoms with van der Waals surface area (Å²) in [6.07, 6.45) is 17.4. The van der Waals surface area contributed by atoms with Gasteiger partial charge in [-0.05, 0) is 66.7 Å². The summed E-state index contributed by atoms with van der Waals surface area (Å²) < 4.78 is 14.4. The number of rotatable bonds is 10. The first-order chi connectivity index (χ1) is 15.4. The minimum atomic E-state index is -0.515. The molecule has 0 fully saturated rings. The van der Waals surface area contributed by atoms with Crippen LogP contribution >= 0.6 is 11.6 Å². The zero-order chi connectivity index (χ0) is 23.7. The van der Waals surface area contributed by atoms with E-state index in [2.05, 4.69) is 68.6 Å². The molecule has 3 nitrogen and oxygen atoms in total. The van der Waals surface area contributed by atoms with Crippen molar-refractivity contribution in [1.82, 2.24) is 9.88 Å². The maximum Gasteiger partial charge on any atom is 0.167 e. The standard InChI is InChI=1S/C27H35ClFN3/c1-6-9-21(8-3)23-14-17-32(20(5)18-23)25(12-15-30)24(19(4)7-2)11-10-22-13-16-31-27(28)26(22)29/h9-11,13-14,16-19H,5-8,12,15,30H2,1-4H3/b11-10+,21-9+,25-24-. The summed E-state index contributed by atoms with van der Waals surface area (Å²) in [5.74, 6) is -0.259. The maximum atomic E-state index is 14.4. The van der Waals surface area contributed by atoms with E-state index in [9.17, 15) is 4.39 Å². The Morgan fingerprint density at radius 3 is 2.69 bits per heavy atom. The van der Waals surface area contributed by atoms with Crippen molar-refractivity contribution in [1.29, 1.82) is 0 Å². The lowest BCUT2D eigenvalue weighted by Gasteiger charge is -2.31. The Bertz CT molecular complexity index is 969. The lowest BCUT2D eigenvalue weighted by molar-refractivity contribution is 0.528. The molecular weight excluding hydrogens is 421 g/mol. The van der Waals surface area contributed by atoms with Gasteiger partial charge in [-0.15, -0.1) is 0 Å². The van der Waals surface area contributed by atoms with Gasteiger partial charge in [-0.25, -0.2) is 9.37 Å². The second-order valence-electron chi connectivity index (χ2n) is 7.86. The van der Waals surface area contributed by atoms with Crippen molar-refractivity contribution in [2.75, 3.05) is 6.54 Å². The first-order valence-corrected chi connectivity index (χ1v) is 11.7. The van der Waals surface area contributed by atoms with Gasteiger partial charge in [0.05, 0.1) is 0 Å². The summed E-state index contributed by atoms with van der Waals surface area (Å²) in [6, 6.07) is 1.62. The summed E-state index contributed by atoms with van der Waals surface area (Å²) in [5, 5.41) is -0.125. The Morgan fingerprint density at radius 1 is 1.34 bits per heavy atom. The van der Waals surface area contributed by atoms with Crippen LogP contribution in [0.1, 0.15) is 58.9 Å². The number of pyridine rings is 1. The van der Waals surface area contributed by atoms with E-state index in [0.717, 1.165) is 36.2 Å². The molecule has 0 bridgehead atoms. The van der Waals surface area contributed by atoms with E-state index in [1.165, 1.54) is 17.3 Å². The van der Waals surface area contributed by atoms with E-state index in [0.29, 0.717) is 18.5 Å². The largest absolute Gasteiger partial charge is 0.330 e. The van der Waals surface area contributed by atoms with Crippen molar-refractivity contribution >= 4 is 17.7 Å². The summed E-state index contributed by atoms with van der Waals surface area (Å²) in [6.45, 7) is 13.5. The average Bonchev–Trinajstić information content (AvgIpc) is 2.79. The highest BCUT2D eigenvalue weighted by Gasteiger charge is 2.20. The third-order valence-corrected chi connectivity index (χ3v) is 5.97. The van der Waals surface area contributed by atoms with Gasteiger partial charge in [0, 0.05) is 35.8 Å². The van der Waals surface area contributed by atoms with Crippen LogP contribution in [-0.2, 0) is 0 Å². The van der Waals surface area contributed by atoms with Crippen LogP contribution < -0.4 is 5.73 Å². The van der Waals surface area contributed by atoms with Gasteiger partial charge in [-0.1, -0.05) is 64.1 Å². The number of nitrogens with two attached hydrogens (primary N) is 1. The lowest BCUT2D eigenvalue weighted by atomic mass is 9.92. The summed E-state index contributed by atoms with van der Waals surface area (Å²) in [7, 11) is 0. The molecule has 0 aromatic carbocycles. The van der Waals surface area contributed by atoms with E-state index >= 15 is 0 Å². The van der Waals surface area contributed by atoms with E-state index < -0.39 is 5.82 Å². The second-order valence-corrected chi connectivity index (χ2v) is 8.21. The van der Waals surface area contributed by atoms with Gasteiger partial charge in [0.2, 0.25) is 0 Å². The molecule has 2 N–H and O–H groups in total. The molecule has 1 atom stereocenters. The number of halogens is 2. The number of allylic oxidation sites excluding steroid dienone is 7. The normalized spacial score (nSPS) is 16.5. The summed E-state index contributed by atoms with van der Waals surface area (Å²) >= 11 is 5.86. The topological polar surface area (TPSA) is 42.1 Å². The number of hydrogen-bond donors (Lipinski definition) is 1. The molecule has 1 aromatic rings. The lowest BCUT2D eigenvalue weighted by Crippen LogP contribution is -2.22. The molecule has 2 heterocycles. The van der Waals surface area contributed by atoms with Gasteiger partial charge >= 0.3 is 0 Å². The molecular formula is C27H35ClFN3. The van der Waals surface area contributed by atoms with Crippen molar-refractivity contribution in [3.8, 4) is 0 Å². The van der Waals surface area contributed by atoms with Crippen LogP contribution in [0.4, 0.5) is 4.39 Å². The number of hydrogen-bond acceptors (Lipinski definition) is 3. The molecule has 1 aromatic heterocycles. The molecule has 0 saturated heterocycles. The van der Waals surface area contributed by atoms with Gasteiger partial charge in [0.1, 0.15) is 0 Å². The van der Waals surface area contributed by atoms with Crippen molar-refractivity contribution in [3.05, 3.63) is 94.0 Å². The van der Waals surface area contributed by atoms with Crippen LogP contribution in [0.5, 0.6) is 0 Å². The zero-order valence-electron chi connectivity index (χ0n) is 19.7. The second kappa shape index (κ2) is 12.6. The van der Waals surface area contributed by atoms with E-state index in [4.69, 9.17) is 17.3 Å². The molecule has 5 heteroatoms. The Balaban J connectivity index is 2.51. The molecule has 172 valence electrons. The smallest absolute Gasteiger partial charge is 0.167 e. The van der Waals surface area contributed by atoms with Gasteiger partial charge in [-0.3, -0.25) is 0 Å². The molecule has 1 aliphatic rings. The average molecular weight is 456 g/mol. The molecule has 0 spiro atoms. The van der Waals surface area contributed by atoms with Gasteiger partial charge < -0.3 is 10.6 Å². The molecule has 0 saturated carbocycles. The third-order valence-electron chi connectivity index (χ3n) is 5.70. The number of aromatic nitrogens is 1. The van der Waals surface area contributed by atoms with Gasteiger partial charge in [0.15, 0.2) is 11.0 Å². The fourth-order valence-electron chi connectivity index (χ4n) is 3.77. The van der Waals surface area contributed by atoms with Crippen molar-refractivity contribution < 1.29 is 4.39 Å². The van der Waals surface area contributed by atoms with E-state index in [1.54, 1.807) is 12.1 Å². The monoisotopic (exact) mass is 455 g/mol. The van der Waals surface area contributed by atoms with Crippen LogP contribution in [-0.4, -0.2) is 16.4 Å². The quantitative estimate of drug-likeness (QED) is 0.292. The predicted molar refractivity (Wildman–Crippen MR) is 135 cm³/mol. The first kappa shape index (κ1) is 25.8. The van der Waals surface area contributed by atoms with E-state index in [-0.39, 0.29) is 11.1 Å². The Kier molecular flexibility index (Phi) is 10.1. The molecule has 2 rings (SSSR count). The minimum absolute atomic E-state index is 0.125.